The molecule has 0 saturated heterocycles. The molecule has 0 radical (unpaired) electrons. The van der Waals surface area contributed by atoms with Crippen molar-refractivity contribution in [1.29, 1.82) is 0 Å². The van der Waals surface area contributed by atoms with Crippen molar-refractivity contribution in [3.8, 4) is 0 Å². The van der Waals surface area contributed by atoms with Crippen molar-refractivity contribution >= 4 is 0 Å². The molecule has 0 amide bonds. The van der Waals surface area contributed by atoms with E-state index >= 15 is 0 Å². The van der Waals surface area contributed by atoms with Crippen LogP contribution in [-0.4, -0.2) is 41.4 Å². The van der Waals surface area contributed by atoms with E-state index < -0.39 is 0 Å². The summed E-state index contributed by atoms with van der Waals surface area (Å²) in [7, 11) is 4.24. The second kappa shape index (κ2) is 6.53. The van der Waals surface area contributed by atoms with E-state index in [0.29, 0.717) is 12.0 Å². The van der Waals surface area contributed by atoms with Crippen LogP contribution in [-0.2, 0) is 12.1 Å². The number of hydrogen-bond donors (Lipinski definition) is 1. The zero-order valence-electron chi connectivity index (χ0n) is 13.6. The second-order valence-electron chi connectivity index (χ2n) is 6.96. The number of nitrogens with one attached hydrogen (secondary N) is 1. The van der Waals surface area contributed by atoms with E-state index in [2.05, 4.69) is 70.2 Å². The highest BCUT2D eigenvalue weighted by Gasteiger charge is 2.16. The Bertz CT molecular complexity index is 374. The molecule has 0 saturated carbocycles. The molecule has 1 unspecified atom stereocenters. The Hall–Kier alpha value is -0.870. The minimum atomic E-state index is 0.0549. The minimum absolute atomic E-state index is 0.0549. The fraction of sp³-hybridized carbons (Fsp3) is 0.800. The molecule has 4 heteroatoms. The average molecular weight is 266 g/mol. The van der Waals surface area contributed by atoms with Crippen LogP contribution in [0.2, 0.25) is 0 Å². The fourth-order valence-corrected chi connectivity index (χ4v) is 1.97. The molecule has 0 aromatic carbocycles. The van der Waals surface area contributed by atoms with Gasteiger partial charge in [-0.25, -0.2) is 0 Å². The van der Waals surface area contributed by atoms with E-state index in [1.807, 2.05) is 10.9 Å². The van der Waals surface area contributed by atoms with Gasteiger partial charge < -0.3 is 10.2 Å². The van der Waals surface area contributed by atoms with Crippen LogP contribution in [0.25, 0.3) is 0 Å². The minimum Gasteiger partial charge on any atom is -0.308 e. The lowest BCUT2D eigenvalue weighted by atomic mass is 10.0. The average Bonchev–Trinajstić information content (AvgIpc) is 2.71. The molecule has 0 spiro atoms. The monoisotopic (exact) mass is 266 g/mol. The van der Waals surface area contributed by atoms with Crippen LogP contribution in [0.3, 0.4) is 0 Å². The molecule has 1 aromatic rings. The highest BCUT2D eigenvalue weighted by atomic mass is 15.3. The van der Waals surface area contributed by atoms with E-state index in [-0.39, 0.29) is 5.54 Å². The molecule has 1 heterocycles. The second-order valence-corrected chi connectivity index (χ2v) is 6.96. The molecule has 19 heavy (non-hydrogen) atoms. The molecule has 0 aliphatic rings. The summed E-state index contributed by atoms with van der Waals surface area (Å²) in [6, 6.07) is 0.507. The summed E-state index contributed by atoms with van der Waals surface area (Å²) in [5.41, 5.74) is 1.30. The first kappa shape index (κ1) is 16.2. The van der Waals surface area contributed by atoms with Crippen LogP contribution < -0.4 is 5.32 Å². The number of nitrogens with zero attached hydrogens (tertiary/aromatic N) is 3. The van der Waals surface area contributed by atoms with Crippen LogP contribution in [0.4, 0.5) is 0 Å². The van der Waals surface area contributed by atoms with Crippen LogP contribution in [0.5, 0.6) is 0 Å². The van der Waals surface area contributed by atoms with Crippen molar-refractivity contribution in [2.24, 2.45) is 5.92 Å². The Balaban J connectivity index is 2.57. The smallest absolute Gasteiger partial charge is 0.0543 e. The molecule has 110 valence electrons. The summed E-state index contributed by atoms with van der Waals surface area (Å²) in [5, 5.41) is 8.07. The zero-order valence-corrected chi connectivity index (χ0v) is 13.6. The zero-order chi connectivity index (χ0) is 14.6. The molecule has 4 nitrogen and oxygen atoms in total. The molecule has 0 bridgehead atoms. The third-order valence-corrected chi connectivity index (χ3v) is 3.26. The Labute approximate surface area is 118 Å². The Morgan fingerprint density at radius 2 is 1.95 bits per heavy atom. The molecule has 1 atom stereocenters. The van der Waals surface area contributed by atoms with Gasteiger partial charge in [-0.2, -0.15) is 5.10 Å². The topological polar surface area (TPSA) is 33.1 Å². The first-order valence-corrected chi connectivity index (χ1v) is 7.12. The summed E-state index contributed by atoms with van der Waals surface area (Å²) in [6.07, 6.45) is 4.10. The Kier molecular flexibility index (Phi) is 5.56. The first-order chi connectivity index (χ1) is 8.70. The molecule has 0 fully saturated rings. The molecule has 1 N–H and O–H groups in total. The lowest BCUT2D eigenvalue weighted by molar-refractivity contribution is 0.288. The first-order valence-electron chi connectivity index (χ1n) is 7.12. The molecular weight excluding hydrogens is 236 g/mol. The van der Waals surface area contributed by atoms with Gasteiger partial charge in [0, 0.05) is 30.9 Å². The summed E-state index contributed by atoms with van der Waals surface area (Å²) in [5.74, 6) is 0.625. The maximum Gasteiger partial charge on any atom is 0.0543 e. The molecule has 0 aliphatic carbocycles. The highest BCUT2D eigenvalue weighted by molar-refractivity contribution is 5.05. The summed E-state index contributed by atoms with van der Waals surface area (Å²) in [4.78, 5) is 2.23. The molecule has 1 rings (SSSR count). The van der Waals surface area contributed by atoms with Crippen molar-refractivity contribution in [3.63, 3.8) is 0 Å². The number of aromatic nitrogens is 2. The quantitative estimate of drug-likeness (QED) is 0.858. The molecule has 0 aliphatic heterocycles. The summed E-state index contributed by atoms with van der Waals surface area (Å²) in [6.45, 7) is 13.0. The van der Waals surface area contributed by atoms with Gasteiger partial charge in [0.15, 0.2) is 0 Å². The van der Waals surface area contributed by atoms with Crippen molar-refractivity contribution in [3.05, 3.63) is 18.0 Å². The van der Waals surface area contributed by atoms with Crippen LogP contribution in [0.15, 0.2) is 12.4 Å². The maximum absolute atomic E-state index is 4.44. The Morgan fingerprint density at radius 1 is 1.32 bits per heavy atom. The Morgan fingerprint density at radius 3 is 2.37 bits per heavy atom. The number of likely N-dealkylation sites (N-methyl/N-ethyl adjacent to an activating group) is 1. The maximum atomic E-state index is 4.44. The van der Waals surface area contributed by atoms with Gasteiger partial charge in [-0.1, -0.05) is 13.8 Å². The van der Waals surface area contributed by atoms with Gasteiger partial charge in [0.05, 0.1) is 11.7 Å². The molecule has 1 aromatic heterocycles. The van der Waals surface area contributed by atoms with E-state index in [4.69, 9.17) is 0 Å². The van der Waals surface area contributed by atoms with Crippen molar-refractivity contribution in [1.82, 2.24) is 20.0 Å². The van der Waals surface area contributed by atoms with E-state index in [0.717, 1.165) is 13.1 Å². The van der Waals surface area contributed by atoms with Crippen LogP contribution >= 0.6 is 0 Å². The SMILES string of the molecule is CC(C)C(CN(C)C)NCc1cnn(C(C)(C)C)c1. The standard InChI is InChI=1S/C15H30N4/c1-12(2)14(11-18(6)7)16-8-13-9-17-19(10-13)15(3,4)5/h9-10,12,14,16H,8,11H2,1-7H3. The normalized spacial score (nSPS) is 14.4. The number of rotatable bonds is 6. The van der Waals surface area contributed by atoms with Crippen molar-refractivity contribution in [2.45, 2.75) is 52.7 Å². The van der Waals surface area contributed by atoms with E-state index in [9.17, 15) is 0 Å². The van der Waals surface area contributed by atoms with Gasteiger partial charge in [-0.15, -0.1) is 0 Å². The van der Waals surface area contributed by atoms with Crippen molar-refractivity contribution < 1.29 is 0 Å². The highest BCUT2D eigenvalue weighted by Crippen LogP contribution is 2.13. The summed E-state index contributed by atoms with van der Waals surface area (Å²) >= 11 is 0. The lowest BCUT2D eigenvalue weighted by Gasteiger charge is -2.25. The largest absolute Gasteiger partial charge is 0.308 e. The van der Waals surface area contributed by atoms with Gasteiger partial charge in [-0.05, 0) is 40.8 Å². The third kappa shape index (κ3) is 5.33. The van der Waals surface area contributed by atoms with Crippen molar-refractivity contribution in [2.75, 3.05) is 20.6 Å². The van der Waals surface area contributed by atoms with Crippen LogP contribution in [0.1, 0.15) is 40.2 Å². The van der Waals surface area contributed by atoms with E-state index in [1.54, 1.807) is 0 Å². The predicted octanol–water partition coefficient (Wildman–Crippen LogP) is 2.31. The lowest BCUT2D eigenvalue weighted by Crippen LogP contribution is -2.41. The van der Waals surface area contributed by atoms with Gasteiger partial charge in [0.1, 0.15) is 0 Å². The van der Waals surface area contributed by atoms with Gasteiger partial charge in [-0.3, -0.25) is 4.68 Å². The fourth-order valence-electron chi connectivity index (χ4n) is 1.97. The predicted molar refractivity (Wildman–Crippen MR) is 81.2 cm³/mol. The molecular formula is C15H30N4. The van der Waals surface area contributed by atoms with Gasteiger partial charge >= 0.3 is 0 Å². The summed E-state index contributed by atoms with van der Waals surface area (Å²) < 4.78 is 2.03. The third-order valence-electron chi connectivity index (χ3n) is 3.26. The number of hydrogen-bond acceptors (Lipinski definition) is 3. The van der Waals surface area contributed by atoms with Crippen LogP contribution in [0, 0.1) is 5.92 Å². The van der Waals surface area contributed by atoms with Gasteiger partial charge in [0.2, 0.25) is 0 Å². The van der Waals surface area contributed by atoms with Gasteiger partial charge in [0.25, 0.3) is 0 Å². The van der Waals surface area contributed by atoms with E-state index in [1.165, 1.54) is 5.56 Å².